The quantitative estimate of drug-likeness (QED) is 0.381. The molecule has 0 amide bonds. The maximum absolute atomic E-state index is 11.5. The molecule has 0 radical (unpaired) electrons. The number of nitrogens with one attached hydrogen (secondary N) is 1. The number of carbonyl (C=O) groups excluding carboxylic acids is 1. The van der Waals surface area contributed by atoms with Gasteiger partial charge in [0.2, 0.25) is 0 Å². The van der Waals surface area contributed by atoms with Gasteiger partial charge in [0, 0.05) is 11.0 Å². The summed E-state index contributed by atoms with van der Waals surface area (Å²) < 4.78 is 4.93. The highest BCUT2D eigenvalue weighted by Crippen LogP contribution is 2.18. The number of hydrazine groups is 1. The number of rotatable bonds is 4. The van der Waals surface area contributed by atoms with Gasteiger partial charge in [0.25, 0.3) is 0 Å². The predicted octanol–water partition coefficient (Wildman–Crippen LogP) is 2.04. The molecule has 0 heterocycles. The summed E-state index contributed by atoms with van der Waals surface area (Å²) in [4.78, 5) is 11.5. The van der Waals surface area contributed by atoms with Crippen molar-refractivity contribution in [2.45, 2.75) is 12.3 Å². The monoisotopic (exact) mass is 272 g/mol. The van der Waals surface area contributed by atoms with E-state index in [9.17, 15) is 4.79 Å². The summed E-state index contributed by atoms with van der Waals surface area (Å²) in [5.74, 6) is 4.97. The Morgan fingerprint density at radius 3 is 2.87 bits per heavy atom. The molecule has 5 heteroatoms. The van der Waals surface area contributed by atoms with Gasteiger partial charge < -0.3 is 10.2 Å². The van der Waals surface area contributed by atoms with Gasteiger partial charge in [-0.15, -0.1) is 0 Å². The molecule has 0 bridgehead atoms. The van der Waals surface area contributed by atoms with Crippen LogP contribution in [0.2, 0.25) is 0 Å². The van der Waals surface area contributed by atoms with Gasteiger partial charge in [-0.05, 0) is 30.7 Å². The summed E-state index contributed by atoms with van der Waals surface area (Å²) in [5.41, 5.74) is 4.70. The van der Waals surface area contributed by atoms with Crippen molar-refractivity contribution in [2.75, 3.05) is 12.0 Å². The summed E-state index contributed by atoms with van der Waals surface area (Å²) in [6, 6.07) is 5.24. The zero-order chi connectivity index (χ0) is 11.3. The maximum atomic E-state index is 11.5. The predicted molar refractivity (Wildman–Crippen MR) is 62.8 cm³/mol. The first-order valence-corrected chi connectivity index (χ1v) is 5.67. The van der Waals surface area contributed by atoms with Crippen LogP contribution in [0, 0.1) is 0 Å². The fourth-order valence-corrected chi connectivity index (χ4v) is 1.67. The molecule has 1 aromatic carbocycles. The van der Waals surface area contributed by atoms with Gasteiger partial charge in [0.15, 0.2) is 0 Å². The van der Waals surface area contributed by atoms with E-state index in [0.717, 1.165) is 11.3 Å². The molecule has 0 spiro atoms. The zero-order valence-corrected chi connectivity index (χ0v) is 10.0. The van der Waals surface area contributed by atoms with E-state index in [1.165, 1.54) is 0 Å². The normalized spacial score (nSPS) is 9.80. The summed E-state index contributed by atoms with van der Waals surface area (Å²) in [5, 5.41) is 0.580. The third-order valence-corrected chi connectivity index (χ3v) is 2.52. The van der Waals surface area contributed by atoms with Crippen molar-refractivity contribution in [3.63, 3.8) is 0 Å². The van der Waals surface area contributed by atoms with Crippen LogP contribution in [0.5, 0.6) is 0 Å². The molecule has 0 aliphatic carbocycles. The molecular formula is C10H13BrN2O2. The number of ether oxygens (including phenoxy) is 1. The minimum atomic E-state index is -0.310. The van der Waals surface area contributed by atoms with E-state index in [2.05, 4.69) is 21.4 Å². The first-order valence-electron chi connectivity index (χ1n) is 4.55. The molecule has 0 aliphatic heterocycles. The molecule has 1 rings (SSSR count). The van der Waals surface area contributed by atoms with Gasteiger partial charge in [-0.3, -0.25) is 5.84 Å². The van der Waals surface area contributed by atoms with Gasteiger partial charge in [0.05, 0.1) is 12.2 Å². The van der Waals surface area contributed by atoms with E-state index in [1.54, 1.807) is 25.1 Å². The Labute approximate surface area is 96.9 Å². The molecule has 82 valence electrons. The lowest BCUT2D eigenvalue weighted by molar-refractivity contribution is 0.0525. The van der Waals surface area contributed by atoms with Crippen molar-refractivity contribution >= 4 is 27.6 Å². The molecular weight excluding hydrogens is 260 g/mol. The van der Waals surface area contributed by atoms with Crippen LogP contribution < -0.4 is 11.3 Å². The molecule has 15 heavy (non-hydrogen) atoms. The van der Waals surface area contributed by atoms with Crippen LogP contribution in [0.15, 0.2) is 18.2 Å². The number of hydrogen-bond acceptors (Lipinski definition) is 4. The third kappa shape index (κ3) is 2.94. The van der Waals surface area contributed by atoms with Crippen molar-refractivity contribution < 1.29 is 9.53 Å². The number of hydrogen-bond donors (Lipinski definition) is 2. The van der Waals surface area contributed by atoms with Crippen LogP contribution in [-0.4, -0.2) is 12.6 Å². The molecule has 0 aromatic heterocycles. The smallest absolute Gasteiger partial charge is 0.338 e. The number of alkyl halides is 1. The van der Waals surface area contributed by atoms with Crippen molar-refractivity contribution in [3.05, 3.63) is 29.3 Å². The largest absolute Gasteiger partial charge is 0.462 e. The van der Waals surface area contributed by atoms with Crippen LogP contribution in [0.3, 0.4) is 0 Å². The van der Waals surface area contributed by atoms with Gasteiger partial charge >= 0.3 is 5.97 Å². The Balaban J connectivity index is 3.02. The van der Waals surface area contributed by atoms with Gasteiger partial charge in [0.1, 0.15) is 0 Å². The van der Waals surface area contributed by atoms with E-state index in [0.29, 0.717) is 17.5 Å². The van der Waals surface area contributed by atoms with E-state index in [4.69, 9.17) is 10.6 Å². The number of carbonyl (C=O) groups is 1. The molecule has 0 unspecified atom stereocenters. The summed E-state index contributed by atoms with van der Waals surface area (Å²) >= 11 is 3.31. The minimum absolute atomic E-state index is 0.310. The van der Waals surface area contributed by atoms with E-state index in [-0.39, 0.29) is 5.97 Å². The van der Waals surface area contributed by atoms with Gasteiger partial charge in [-0.2, -0.15) is 0 Å². The number of nitrogen functional groups attached to an aromatic ring is 1. The third-order valence-electron chi connectivity index (χ3n) is 1.91. The van der Waals surface area contributed by atoms with Crippen LogP contribution in [-0.2, 0) is 10.1 Å². The molecule has 1 aromatic rings. The Morgan fingerprint density at radius 1 is 1.60 bits per heavy atom. The van der Waals surface area contributed by atoms with Crippen molar-refractivity contribution in [1.82, 2.24) is 0 Å². The Kier molecular flexibility index (Phi) is 4.58. The first kappa shape index (κ1) is 12.0. The number of benzene rings is 1. The second-order valence-corrected chi connectivity index (χ2v) is 3.43. The van der Waals surface area contributed by atoms with Gasteiger partial charge in [-0.25, -0.2) is 4.79 Å². The van der Waals surface area contributed by atoms with Crippen LogP contribution in [0.4, 0.5) is 5.69 Å². The minimum Gasteiger partial charge on any atom is -0.462 e. The molecule has 0 saturated heterocycles. The number of halogens is 1. The van der Waals surface area contributed by atoms with Crippen LogP contribution in [0.25, 0.3) is 0 Å². The Morgan fingerprint density at radius 2 is 2.33 bits per heavy atom. The summed E-state index contributed by atoms with van der Waals surface area (Å²) in [6.45, 7) is 2.15. The lowest BCUT2D eigenvalue weighted by Gasteiger charge is -2.08. The number of nitrogens with two attached hydrogens (primary N) is 1. The second-order valence-electron chi connectivity index (χ2n) is 2.87. The first-order chi connectivity index (χ1) is 7.22. The average Bonchev–Trinajstić information content (AvgIpc) is 2.28. The van der Waals surface area contributed by atoms with Gasteiger partial charge in [-0.1, -0.05) is 15.9 Å². The second kappa shape index (κ2) is 5.72. The number of esters is 1. The SMILES string of the molecule is CCOC(=O)c1ccc(NN)cc1CBr. The van der Waals surface area contributed by atoms with Crippen molar-refractivity contribution in [3.8, 4) is 0 Å². The maximum Gasteiger partial charge on any atom is 0.338 e. The standard InChI is InChI=1S/C10H13BrN2O2/c1-2-15-10(14)9-4-3-8(13-12)5-7(9)6-11/h3-5,13H,2,6,12H2,1H3. The number of anilines is 1. The summed E-state index contributed by atoms with van der Waals surface area (Å²) in [6.07, 6.45) is 0. The topological polar surface area (TPSA) is 64.3 Å². The van der Waals surface area contributed by atoms with Crippen LogP contribution >= 0.6 is 15.9 Å². The Hall–Kier alpha value is -1.07. The highest BCUT2D eigenvalue weighted by atomic mass is 79.9. The van der Waals surface area contributed by atoms with E-state index < -0.39 is 0 Å². The molecule has 0 atom stereocenters. The molecule has 3 N–H and O–H groups in total. The van der Waals surface area contributed by atoms with E-state index in [1.807, 2.05) is 0 Å². The van der Waals surface area contributed by atoms with Crippen molar-refractivity contribution in [2.24, 2.45) is 5.84 Å². The van der Waals surface area contributed by atoms with Crippen LogP contribution in [0.1, 0.15) is 22.8 Å². The highest BCUT2D eigenvalue weighted by molar-refractivity contribution is 9.08. The Bertz CT molecular complexity index is 355. The molecule has 0 saturated carbocycles. The summed E-state index contributed by atoms with van der Waals surface area (Å²) in [7, 11) is 0. The molecule has 0 fully saturated rings. The molecule has 4 nitrogen and oxygen atoms in total. The fourth-order valence-electron chi connectivity index (χ4n) is 1.20. The lowest BCUT2D eigenvalue weighted by Crippen LogP contribution is -2.10. The molecule has 0 aliphatic rings. The van der Waals surface area contributed by atoms with E-state index >= 15 is 0 Å². The van der Waals surface area contributed by atoms with Crippen molar-refractivity contribution in [1.29, 1.82) is 0 Å². The average molecular weight is 273 g/mol. The highest BCUT2D eigenvalue weighted by Gasteiger charge is 2.11. The lowest BCUT2D eigenvalue weighted by atomic mass is 10.1. The zero-order valence-electron chi connectivity index (χ0n) is 8.42. The fraction of sp³-hybridized carbons (Fsp3) is 0.300.